The van der Waals surface area contributed by atoms with E-state index in [4.69, 9.17) is 34.3 Å². The van der Waals surface area contributed by atoms with Gasteiger partial charge in [0.15, 0.2) is 0 Å². The average molecular weight is 726 g/mol. The minimum atomic E-state index is 0.608. The normalized spacial score (nSPS) is 14.4. The first-order chi connectivity index (χ1) is 23.6. The molecule has 4 N–H and O–H groups in total. The summed E-state index contributed by atoms with van der Waals surface area (Å²) in [4.78, 5) is 1.06. The first-order valence-corrected chi connectivity index (χ1v) is 19.1. The predicted octanol–water partition coefficient (Wildman–Crippen LogP) is 10.9. The van der Waals surface area contributed by atoms with Gasteiger partial charge in [0, 0.05) is 37.3 Å². The van der Waals surface area contributed by atoms with E-state index in [-0.39, 0.29) is 0 Å². The lowest BCUT2D eigenvalue weighted by atomic mass is 9.85. The molecule has 8 heteroatoms. The average Bonchev–Trinajstić information content (AvgIpc) is 3.08. The summed E-state index contributed by atoms with van der Waals surface area (Å²) in [5.74, 6) is 0. The lowest BCUT2D eigenvalue weighted by Gasteiger charge is -2.19. The van der Waals surface area contributed by atoms with E-state index < -0.39 is 0 Å². The SMILES string of the molecule is CC1=CC(=C(c2cc(C)c(N)c(C)c2)c2c(Cl)cccc2Cl)C=C(C)C1=[NH2+].CCCCCCCCCCCCC1=CC=C(SOO[O-])CC1. The molecule has 2 aliphatic carbocycles. The molecule has 2 aromatic rings. The molecule has 4 rings (SSSR count). The number of rotatable bonds is 16. The fourth-order valence-electron chi connectivity index (χ4n) is 6.27. The van der Waals surface area contributed by atoms with Crippen molar-refractivity contribution < 1.29 is 20.0 Å². The molecule has 0 amide bonds. The minimum absolute atomic E-state index is 0.608. The molecule has 0 aromatic heterocycles. The molecule has 0 saturated heterocycles. The Hall–Kier alpha value is -2.58. The van der Waals surface area contributed by atoms with Crippen LogP contribution in [0.2, 0.25) is 10.0 Å². The van der Waals surface area contributed by atoms with Gasteiger partial charge in [-0.25, -0.2) is 0 Å². The van der Waals surface area contributed by atoms with Crippen LogP contribution >= 0.6 is 35.2 Å². The Morgan fingerprint density at radius 1 is 0.837 bits per heavy atom. The molecular weight excluding hydrogens is 671 g/mol. The summed E-state index contributed by atoms with van der Waals surface area (Å²) >= 11 is 14.2. The van der Waals surface area contributed by atoms with E-state index in [0.29, 0.717) is 10.0 Å². The van der Waals surface area contributed by atoms with Gasteiger partial charge in [0.1, 0.15) is 0 Å². The lowest BCUT2D eigenvalue weighted by Crippen LogP contribution is -2.41. The van der Waals surface area contributed by atoms with E-state index in [1.165, 1.54) is 76.2 Å². The van der Waals surface area contributed by atoms with Crippen LogP contribution in [0.1, 0.15) is 126 Å². The van der Waals surface area contributed by atoms with Gasteiger partial charge >= 0.3 is 0 Å². The molecular formula is C41H54Cl2N2O3S. The van der Waals surface area contributed by atoms with Gasteiger partial charge < -0.3 is 11.0 Å². The number of nitrogen functional groups attached to an aromatic ring is 1. The summed E-state index contributed by atoms with van der Waals surface area (Å²) in [5.41, 5.74) is 17.2. The Bertz CT molecular complexity index is 1520. The molecule has 2 aliphatic rings. The van der Waals surface area contributed by atoms with Crippen LogP contribution in [0.5, 0.6) is 0 Å². The van der Waals surface area contributed by atoms with Crippen molar-refractivity contribution in [1.29, 1.82) is 0 Å². The van der Waals surface area contributed by atoms with Gasteiger partial charge in [-0.2, -0.15) is 4.33 Å². The second-order valence-corrected chi connectivity index (χ2v) is 14.8. The van der Waals surface area contributed by atoms with Crippen LogP contribution in [0.15, 0.2) is 81.8 Å². The largest absolute Gasteiger partial charge is 0.691 e. The van der Waals surface area contributed by atoms with Crippen molar-refractivity contribution in [2.24, 2.45) is 0 Å². The van der Waals surface area contributed by atoms with Crippen LogP contribution in [0.3, 0.4) is 0 Å². The number of hydrogen-bond acceptors (Lipinski definition) is 5. The predicted molar refractivity (Wildman–Crippen MR) is 209 cm³/mol. The third kappa shape index (κ3) is 12.9. The Labute approximate surface area is 308 Å². The van der Waals surface area contributed by atoms with Crippen molar-refractivity contribution >= 4 is 52.2 Å². The zero-order chi connectivity index (χ0) is 35.8. The third-order valence-electron chi connectivity index (χ3n) is 9.20. The summed E-state index contributed by atoms with van der Waals surface area (Å²) in [5, 5.41) is 20.5. The maximum atomic E-state index is 9.77. The standard InChI is InChI=1S/C23H22Cl2N2.C18H32O3S/c1-12-8-16(9-13(2)22(12)26)20(21-18(24)6-5-7-19(21)25)17-10-14(3)23(27)15(4)11-17;1-2-3-4-5-6-7-8-9-10-11-12-17-13-15-18(16-14-17)22-21-20-19/h5-11,26H,27H2,1-4H3;13,15,19H,2-12,14,16H2,1H3. The van der Waals surface area contributed by atoms with Crippen molar-refractivity contribution in [1.82, 2.24) is 0 Å². The van der Waals surface area contributed by atoms with E-state index in [9.17, 15) is 5.26 Å². The summed E-state index contributed by atoms with van der Waals surface area (Å²) in [6.45, 7) is 10.3. The van der Waals surface area contributed by atoms with Crippen molar-refractivity contribution in [3.05, 3.63) is 114 Å². The van der Waals surface area contributed by atoms with E-state index in [1.54, 1.807) is 0 Å². The van der Waals surface area contributed by atoms with E-state index in [2.05, 4.69) is 46.7 Å². The van der Waals surface area contributed by atoms with Crippen molar-refractivity contribution in [2.75, 3.05) is 5.73 Å². The first kappa shape index (κ1) is 40.8. The molecule has 266 valence electrons. The van der Waals surface area contributed by atoms with Crippen molar-refractivity contribution in [2.45, 2.75) is 118 Å². The van der Waals surface area contributed by atoms with Crippen LogP contribution in [0, 0.1) is 13.8 Å². The Kier molecular flexibility index (Phi) is 18.0. The smallest absolute Gasteiger partial charge is 0.202 e. The fourth-order valence-corrected chi connectivity index (χ4v) is 7.28. The van der Waals surface area contributed by atoms with Gasteiger partial charge in [0.25, 0.3) is 0 Å². The van der Waals surface area contributed by atoms with Crippen LogP contribution in [-0.4, -0.2) is 5.71 Å². The highest BCUT2D eigenvalue weighted by Crippen LogP contribution is 2.40. The third-order valence-corrected chi connectivity index (χ3v) is 10.5. The maximum Gasteiger partial charge on any atom is 0.202 e. The Morgan fingerprint density at radius 2 is 1.39 bits per heavy atom. The quantitative estimate of drug-likeness (QED) is 0.0591. The second kappa shape index (κ2) is 21.6. The summed E-state index contributed by atoms with van der Waals surface area (Å²) < 4.78 is 4.34. The fraction of sp³-hybridized carbons (Fsp3) is 0.439. The lowest BCUT2D eigenvalue weighted by molar-refractivity contribution is -0.777. The zero-order valence-electron chi connectivity index (χ0n) is 29.9. The van der Waals surface area contributed by atoms with Gasteiger partial charge in [-0.3, -0.25) is 10.4 Å². The van der Waals surface area contributed by atoms with Crippen LogP contribution < -0.4 is 16.4 Å². The number of benzene rings is 2. The number of nitrogens with two attached hydrogens (primary N) is 2. The highest BCUT2D eigenvalue weighted by molar-refractivity contribution is 7.98. The Balaban J connectivity index is 0.000000272. The molecule has 49 heavy (non-hydrogen) atoms. The molecule has 2 aromatic carbocycles. The topological polar surface area (TPSA) is 93.1 Å². The molecule has 0 bridgehead atoms. The number of hydrogen-bond donors (Lipinski definition) is 2. The molecule has 0 spiro atoms. The molecule has 0 heterocycles. The maximum absolute atomic E-state index is 9.77. The van der Waals surface area contributed by atoms with Crippen LogP contribution in [-0.2, 0) is 9.37 Å². The molecule has 0 saturated carbocycles. The van der Waals surface area contributed by atoms with Gasteiger partial charge in [-0.05, 0) is 118 Å². The first-order valence-electron chi connectivity index (χ1n) is 17.6. The second-order valence-electron chi connectivity index (χ2n) is 13.1. The highest BCUT2D eigenvalue weighted by atomic mass is 35.5. The minimum Gasteiger partial charge on any atom is -0.691 e. The van der Waals surface area contributed by atoms with Gasteiger partial charge in [-0.1, -0.05) is 112 Å². The van der Waals surface area contributed by atoms with Gasteiger partial charge in [-0.15, -0.1) is 0 Å². The molecule has 5 nitrogen and oxygen atoms in total. The Morgan fingerprint density at radius 3 is 1.90 bits per heavy atom. The number of anilines is 1. The van der Waals surface area contributed by atoms with E-state index >= 15 is 0 Å². The van der Waals surface area contributed by atoms with E-state index in [1.807, 2.05) is 52.0 Å². The molecule has 0 aliphatic heterocycles. The number of halogens is 2. The van der Waals surface area contributed by atoms with Crippen molar-refractivity contribution in [3.63, 3.8) is 0 Å². The number of unbranched alkanes of at least 4 members (excludes halogenated alkanes) is 9. The monoisotopic (exact) mass is 724 g/mol. The van der Waals surface area contributed by atoms with Crippen LogP contribution in [0.4, 0.5) is 5.69 Å². The highest BCUT2D eigenvalue weighted by Gasteiger charge is 2.22. The van der Waals surface area contributed by atoms with Gasteiger partial charge in [0.2, 0.25) is 5.71 Å². The zero-order valence-corrected chi connectivity index (χ0v) is 32.3. The summed E-state index contributed by atoms with van der Waals surface area (Å²) in [6.07, 6.45) is 25.5. The number of aryl methyl sites for hydroxylation is 2. The van der Waals surface area contributed by atoms with Crippen LogP contribution in [0.25, 0.3) is 5.57 Å². The molecule has 0 radical (unpaired) electrons. The number of allylic oxidation sites excluding steroid dienone is 9. The summed E-state index contributed by atoms with van der Waals surface area (Å²) in [6, 6.07) is 9.73. The van der Waals surface area contributed by atoms with Crippen molar-refractivity contribution in [3.8, 4) is 0 Å². The molecule has 0 fully saturated rings. The summed E-state index contributed by atoms with van der Waals surface area (Å²) in [7, 11) is 0. The van der Waals surface area contributed by atoms with Gasteiger partial charge in [0.05, 0.1) is 12.0 Å². The van der Waals surface area contributed by atoms with E-state index in [0.717, 1.165) is 85.7 Å². The molecule has 0 unspecified atom stereocenters. The molecule has 0 atom stereocenters.